The molecule has 0 saturated heterocycles. The molecule has 0 bridgehead atoms. The Morgan fingerprint density at radius 2 is 2.46 bits per heavy atom. The average molecular weight is 176 g/mol. The first-order chi connectivity index (χ1) is 6.27. The Balaban J connectivity index is 2.34. The fourth-order valence-electron chi connectivity index (χ4n) is 1.17. The molecule has 0 fully saturated rings. The van der Waals surface area contributed by atoms with E-state index in [9.17, 15) is 4.79 Å². The first kappa shape index (κ1) is 7.72. The van der Waals surface area contributed by atoms with Gasteiger partial charge in [-0.05, 0) is 6.08 Å². The molecular formula is C8H8N4O. The van der Waals surface area contributed by atoms with Crippen molar-refractivity contribution in [1.29, 1.82) is 0 Å². The molecule has 0 aliphatic carbocycles. The molecule has 0 unspecified atom stereocenters. The molecule has 66 valence electrons. The summed E-state index contributed by atoms with van der Waals surface area (Å²) in [6.45, 7) is 0.420. The van der Waals surface area contributed by atoms with Crippen molar-refractivity contribution in [3.05, 3.63) is 30.0 Å². The molecule has 0 aromatic carbocycles. The third-order valence-corrected chi connectivity index (χ3v) is 1.86. The van der Waals surface area contributed by atoms with E-state index in [1.807, 2.05) is 0 Å². The van der Waals surface area contributed by atoms with Gasteiger partial charge in [0, 0.05) is 18.0 Å². The summed E-state index contributed by atoms with van der Waals surface area (Å²) >= 11 is 0. The van der Waals surface area contributed by atoms with Crippen LogP contribution in [0.2, 0.25) is 0 Å². The lowest BCUT2D eigenvalue weighted by atomic mass is 10.2. The van der Waals surface area contributed by atoms with E-state index >= 15 is 0 Å². The first-order valence-corrected chi connectivity index (χ1v) is 3.80. The highest BCUT2D eigenvalue weighted by atomic mass is 16.2. The Kier molecular flexibility index (Phi) is 1.70. The minimum absolute atomic E-state index is 0.420. The molecule has 0 atom stereocenters. The zero-order chi connectivity index (χ0) is 9.26. The molecule has 2 amide bonds. The van der Waals surface area contributed by atoms with Crippen molar-refractivity contribution in [1.82, 2.24) is 14.9 Å². The lowest BCUT2D eigenvalue weighted by Gasteiger charge is -2.19. The SMILES string of the molecule is NC(=O)N1C=Cc2cncnc2C1. The van der Waals surface area contributed by atoms with E-state index in [1.54, 1.807) is 18.5 Å². The number of carbonyl (C=O) groups is 1. The quantitative estimate of drug-likeness (QED) is 0.619. The lowest BCUT2D eigenvalue weighted by molar-refractivity contribution is 0.222. The van der Waals surface area contributed by atoms with E-state index in [1.165, 1.54) is 11.2 Å². The predicted molar refractivity (Wildman–Crippen MR) is 46.2 cm³/mol. The van der Waals surface area contributed by atoms with Crippen LogP contribution in [0.15, 0.2) is 18.7 Å². The molecule has 2 rings (SSSR count). The zero-order valence-corrected chi connectivity index (χ0v) is 6.84. The fourth-order valence-corrected chi connectivity index (χ4v) is 1.17. The number of carbonyl (C=O) groups excluding carboxylic acids is 1. The van der Waals surface area contributed by atoms with E-state index in [0.29, 0.717) is 6.54 Å². The van der Waals surface area contributed by atoms with Crippen LogP contribution in [0.25, 0.3) is 6.08 Å². The Hall–Kier alpha value is -1.91. The second kappa shape index (κ2) is 2.85. The van der Waals surface area contributed by atoms with Gasteiger partial charge < -0.3 is 5.73 Å². The highest BCUT2D eigenvalue weighted by molar-refractivity contribution is 5.75. The number of fused-ring (bicyclic) bond motifs is 1. The molecule has 1 aromatic heterocycles. The molecular weight excluding hydrogens is 168 g/mol. The zero-order valence-electron chi connectivity index (χ0n) is 6.84. The third kappa shape index (κ3) is 1.35. The number of primary amides is 1. The summed E-state index contributed by atoms with van der Waals surface area (Å²) < 4.78 is 0. The second-order valence-electron chi connectivity index (χ2n) is 2.71. The van der Waals surface area contributed by atoms with Crippen LogP contribution in [0.1, 0.15) is 11.3 Å². The summed E-state index contributed by atoms with van der Waals surface area (Å²) in [5.41, 5.74) is 6.86. The van der Waals surface area contributed by atoms with Crippen LogP contribution in [0.4, 0.5) is 4.79 Å². The number of aromatic nitrogens is 2. The van der Waals surface area contributed by atoms with Crippen molar-refractivity contribution >= 4 is 12.1 Å². The van der Waals surface area contributed by atoms with E-state index < -0.39 is 6.03 Å². The van der Waals surface area contributed by atoms with Crippen LogP contribution < -0.4 is 5.73 Å². The maximum atomic E-state index is 10.8. The van der Waals surface area contributed by atoms with Crippen LogP contribution in [0.3, 0.4) is 0 Å². The number of amides is 2. The minimum atomic E-state index is -0.472. The monoisotopic (exact) mass is 176 g/mol. The van der Waals surface area contributed by atoms with Gasteiger partial charge >= 0.3 is 6.03 Å². The average Bonchev–Trinajstić information content (AvgIpc) is 2.17. The Morgan fingerprint density at radius 3 is 3.23 bits per heavy atom. The maximum absolute atomic E-state index is 10.8. The van der Waals surface area contributed by atoms with Crippen molar-refractivity contribution in [2.45, 2.75) is 6.54 Å². The molecule has 5 heteroatoms. The predicted octanol–water partition coefficient (Wildman–Crippen LogP) is 0.342. The van der Waals surface area contributed by atoms with Crippen molar-refractivity contribution < 1.29 is 4.79 Å². The van der Waals surface area contributed by atoms with Gasteiger partial charge in [0.25, 0.3) is 0 Å². The molecule has 0 saturated carbocycles. The van der Waals surface area contributed by atoms with Crippen LogP contribution in [-0.4, -0.2) is 20.9 Å². The highest BCUT2D eigenvalue weighted by Gasteiger charge is 2.14. The van der Waals surface area contributed by atoms with Crippen LogP contribution >= 0.6 is 0 Å². The molecule has 5 nitrogen and oxygen atoms in total. The molecule has 13 heavy (non-hydrogen) atoms. The fraction of sp³-hybridized carbons (Fsp3) is 0.125. The molecule has 2 heterocycles. The molecule has 1 aromatic rings. The van der Waals surface area contributed by atoms with Crippen molar-refractivity contribution in [3.63, 3.8) is 0 Å². The van der Waals surface area contributed by atoms with Gasteiger partial charge in [0.15, 0.2) is 0 Å². The summed E-state index contributed by atoms with van der Waals surface area (Å²) in [4.78, 5) is 20.1. The van der Waals surface area contributed by atoms with Crippen LogP contribution in [0, 0.1) is 0 Å². The van der Waals surface area contributed by atoms with E-state index in [2.05, 4.69) is 9.97 Å². The van der Waals surface area contributed by atoms with Gasteiger partial charge in [0.2, 0.25) is 0 Å². The maximum Gasteiger partial charge on any atom is 0.319 e. The number of nitrogens with zero attached hydrogens (tertiary/aromatic N) is 3. The Labute approximate surface area is 74.9 Å². The number of nitrogens with two attached hydrogens (primary N) is 1. The second-order valence-corrected chi connectivity index (χ2v) is 2.71. The summed E-state index contributed by atoms with van der Waals surface area (Å²) in [6, 6.07) is -0.472. The van der Waals surface area contributed by atoms with Gasteiger partial charge in [-0.15, -0.1) is 0 Å². The number of hydrogen-bond donors (Lipinski definition) is 1. The van der Waals surface area contributed by atoms with Crippen molar-refractivity contribution in [2.75, 3.05) is 0 Å². The topological polar surface area (TPSA) is 72.1 Å². The summed E-state index contributed by atoms with van der Waals surface area (Å²) in [6.07, 6.45) is 6.56. The molecule has 1 aliphatic rings. The smallest absolute Gasteiger partial charge is 0.319 e. The van der Waals surface area contributed by atoms with Crippen LogP contribution in [-0.2, 0) is 6.54 Å². The van der Waals surface area contributed by atoms with E-state index in [0.717, 1.165) is 11.3 Å². The number of hydrogen-bond acceptors (Lipinski definition) is 3. The Bertz CT molecular complexity index is 374. The van der Waals surface area contributed by atoms with Gasteiger partial charge in [-0.1, -0.05) is 0 Å². The van der Waals surface area contributed by atoms with Gasteiger partial charge in [-0.25, -0.2) is 14.8 Å². The van der Waals surface area contributed by atoms with Gasteiger partial charge in [0.1, 0.15) is 6.33 Å². The van der Waals surface area contributed by atoms with Gasteiger partial charge in [0.05, 0.1) is 12.2 Å². The normalized spacial score (nSPS) is 14.0. The van der Waals surface area contributed by atoms with Crippen molar-refractivity contribution in [3.8, 4) is 0 Å². The highest BCUT2D eigenvalue weighted by Crippen LogP contribution is 2.15. The summed E-state index contributed by atoms with van der Waals surface area (Å²) in [5.74, 6) is 0. The standard InChI is InChI=1S/C8H8N4O/c9-8(13)12-2-1-6-3-10-5-11-7(6)4-12/h1-3,5H,4H2,(H2,9,13). The lowest BCUT2D eigenvalue weighted by Crippen LogP contribution is -2.32. The molecule has 1 aliphatic heterocycles. The largest absolute Gasteiger partial charge is 0.351 e. The van der Waals surface area contributed by atoms with Crippen molar-refractivity contribution in [2.24, 2.45) is 5.73 Å². The molecule has 0 spiro atoms. The third-order valence-electron chi connectivity index (χ3n) is 1.86. The minimum Gasteiger partial charge on any atom is -0.351 e. The molecule has 0 radical (unpaired) electrons. The van der Waals surface area contributed by atoms with E-state index in [4.69, 9.17) is 5.73 Å². The van der Waals surface area contributed by atoms with Gasteiger partial charge in [-0.2, -0.15) is 0 Å². The summed E-state index contributed by atoms with van der Waals surface area (Å²) in [5, 5.41) is 0. The first-order valence-electron chi connectivity index (χ1n) is 3.80. The molecule has 2 N–H and O–H groups in total. The van der Waals surface area contributed by atoms with Crippen LogP contribution in [0.5, 0.6) is 0 Å². The number of rotatable bonds is 0. The number of urea groups is 1. The summed E-state index contributed by atoms with van der Waals surface area (Å²) in [7, 11) is 0. The Morgan fingerprint density at radius 1 is 1.62 bits per heavy atom. The van der Waals surface area contributed by atoms with E-state index in [-0.39, 0.29) is 0 Å². The van der Waals surface area contributed by atoms with Gasteiger partial charge in [-0.3, -0.25) is 4.90 Å².